The zero-order valence-electron chi connectivity index (χ0n) is 26.6. The molecule has 9 nitrogen and oxygen atoms in total. The molecule has 2 aliphatic carbocycles. The van der Waals surface area contributed by atoms with E-state index in [-0.39, 0.29) is 58.1 Å². The van der Waals surface area contributed by atoms with Crippen molar-refractivity contribution in [3.05, 3.63) is 111 Å². The first-order valence-corrected chi connectivity index (χ1v) is 18.1. The number of fused-ring (bicyclic) bond motifs is 10. The Bertz CT molecular complexity index is 2270. The maximum atomic E-state index is 14.0. The van der Waals surface area contributed by atoms with E-state index in [1.54, 1.807) is 17.8 Å². The molecule has 2 saturated carbocycles. The Morgan fingerprint density at radius 1 is 0.920 bits per heavy atom. The number of aromatic amines is 1. The molecule has 3 heterocycles. The van der Waals surface area contributed by atoms with Crippen LogP contribution >= 0.6 is 23.1 Å². The quantitative estimate of drug-likeness (QED) is 0.187. The summed E-state index contributed by atoms with van der Waals surface area (Å²) in [5.41, 5.74) is 1.96. The Morgan fingerprint density at radius 3 is 2.46 bits per heavy atom. The average molecular weight is 708 g/mol. The van der Waals surface area contributed by atoms with Crippen LogP contribution in [-0.2, 0) is 14.4 Å². The lowest BCUT2D eigenvalue weighted by molar-refractivity contribution is -0.123. The second-order valence-electron chi connectivity index (χ2n) is 13.3. The van der Waals surface area contributed by atoms with E-state index in [1.807, 2.05) is 54.6 Å². The normalized spacial score (nSPS) is 26.1. The van der Waals surface area contributed by atoms with Crippen LogP contribution in [0, 0.1) is 35.4 Å². The van der Waals surface area contributed by atoms with Crippen molar-refractivity contribution in [2.24, 2.45) is 29.6 Å². The highest BCUT2D eigenvalue weighted by atomic mass is 32.2. The van der Waals surface area contributed by atoms with Crippen LogP contribution in [0.4, 0.5) is 15.8 Å². The average Bonchev–Trinajstić information content (AvgIpc) is 3.86. The lowest BCUT2D eigenvalue weighted by atomic mass is 9.68. The molecular formula is C38H30FN3O6S2. The number of thioether (sulfide) groups is 1. The lowest BCUT2D eigenvalue weighted by Gasteiger charge is -2.43. The number of nitrogens with zero attached hydrogens (tertiary/aromatic N) is 1. The zero-order chi connectivity index (χ0) is 34.3. The van der Waals surface area contributed by atoms with E-state index in [0.717, 1.165) is 32.7 Å². The number of aromatic nitrogens is 1. The minimum atomic E-state index is -0.482. The molecule has 12 heteroatoms. The number of thiazole rings is 1. The molecular weight excluding hydrogens is 678 g/mol. The number of H-pyrrole nitrogens is 1. The summed E-state index contributed by atoms with van der Waals surface area (Å²) in [5.74, 6) is -1.69. The van der Waals surface area contributed by atoms with Gasteiger partial charge in [0.25, 0.3) is 5.91 Å². The van der Waals surface area contributed by atoms with Gasteiger partial charge < -0.3 is 19.8 Å². The molecule has 2 N–H and O–H groups in total. The van der Waals surface area contributed by atoms with Crippen LogP contribution in [0.1, 0.15) is 22.8 Å². The van der Waals surface area contributed by atoms with E-state index < -0.39 is 17.7 Å². The zero-order valence-corrected chi connectivity index (χ0v) is 28.3. The number of carbonyl (C=O) groups is 3. The fourth-order valence-electron chi connectivity index (χ4n) is 8.84. The first kappa shape index (κ1) is 31.1. The van der Waals surface area contributed by atoms with Crippen molar-refractivity contribution in [1.82, 2.24) is 4.98 Å². The minimum Gasteiger partial charge on any atom is -0.493 e. The highest BCUT2D eigenvalue weighted by molar-refractivity contribution is 8.00. The molecule has 3 fully saturated rings. The number of imide groups is 1. The molecule has 1 aromatic heterocycles. The summed E-state index contributed by atoms with van der Waals surface area (Å²) < 4.78 is 25.4. The molecule has 50 heavy (non-hydrogen) atoms. The van der Waals surface area contributed by atoms with Crippen LogP contribution < -0.4 is 24.6 Å². The number of benzene rings is 4. The van der Waals surface area contributed by atoms with Crippen LogP contribution in [0.25, 0.3) is 10.8 Å². The van der Waals surface area contributed by atoms with Crippen molar-refractivity contribution >= 4 is 63.0 Å². The molecule has 2 bridgehead atoms. The predicted molar refractivity (Wildman–Crippen MR) is 188 cm³/mol. The van der Waals surface area contributed by atoms with Crippen molar-refractivity contribution in [3.63, 3.8) is 0 Å². The fourth-order valence-corrected chi connectivity index (χ4v) is 11.7. The summed E-state index contributed by atoms with van der Waals surface area (Å²) in [6.07, 6.45) is 0.743. The molecule has 9 rings (SSSR count). The number of hydrogen-bond donors (Lipinski definition) is 2. The second-order valence-corrected chi connectivity index (χ2v) is 15.5. The van der Waals surface area contributed by atoms with Gasteiger partial charge in [-0.25, -0.2) is 4.39 Å². The molecule has 3 amide bonds. The highest BCUT2D eigenvalue weighted by Crippen LogP contribution is 2.68. The van der Waals surface area contributed by atoms with E-state index in [4.69, 9.17) is 9.47 Å². The number of methoxy groups -OCH3 is 1. The third-order valence-electron chi connectivity index (χ3n) is 10.7. The van der Waals surface area contributed by atoms with Gasteiger partial charge in [0.15, 0.2) is 18.1 Å². The molecule has 4 aliphatic rings. The van der Waals surface area contributed by atoms with Crippen LogP contribution in [0.15, 0.2) is 94.7 Å². The molecule has 252 valence electrons. The molecule has 4 aromatic carbocycles. The standard InChI is InChI=1S/C38H30FN3O6S2/c1-47-27-15-20(7-13-26(27)48-17-28(43)40-22-10-6-18-4-2-3-5-19(18)14-22)29-30-24-16-25(33(30)49-35-34(29)50-38(46)41-35)32-31(24)36(44)42(37(32)45)23-11-8-21(39)9-12-23/h2-15,24-25,29-33H,16-17H2,1H3,(H,40,43)(H,41,46)/t24-,25-,29-,30?,31?,32?,33?/m1/s1. The number of ether oxygens (including phenoxy) is 2. The van der Waals surface area contributed by atoms with Crippen LogP contribution in [0.3, 0.4) is 0 Å². The van der Waals surface area contributed by atoms with E-state index >= 15 is 0 Å². The Kier molecular flexibility index (Phi) is 7.36. The first-order chi connectivity index (χ1) is 24.3. The number of anilines is 2. The summed E-state index contributed by atoms with van der Waals surface area (Å²) >= 11 is 2.78. The monoisotopic (exact) mass is 707 g/mol. The molecule has 5 aromatic rings. The lowest BCUT2D eigenvalue weighted by Crippen LogP contribution is -2.42. The van der Waals surface area contributed by atoms with Gasteiger partial charge >= 0.3 is 4.87 Å². The molecule has 7 atom stereocenters. The minimum absolute atomic E-state index is 0.00893. The number of halogens is 1. The maximum absolute atomic E-state index is 14.0. The number of amides is 3. The van der Waals surface area contributed by atoms with Crippen LogP contribution in [-0.4, -0.2) is 41.7 Å². The third-order valence-corrected chi connectivity index (χ3v) is 13.3. The van der Waals surface area contributed by atoms with Gasteiger partial charge in [-0.1, -0.05) is 47.7 Å². The topological polar surface area (TPSA) is 118 Å². The highest BCUT2D eigenvalue weighted by Gasteiger charge is 2.69. The summed E-state index contributed by atoms with van der Waals surface area (Å²) in [7, 11) is 1.54. The van der Waals surface area contributed by atoms with Crippen molar-refractivity contribution in [1.29, 1.82) is 0 Å². The van der Waals surface area contributed by atoms with Gasteiger partial charge in [0.1, 0.15) is 5.82 Å². The number of hydrogen-bond acceptors (Lipinski definition) is 8. The van der Waals surface area contributed by atoms with Gasteiger partial charge in [0, 0.05) is 21.7 Å². The Morgan fingerprint density at radius 2 is 1.68 bits per heavy atom. The summed E-state index contributed by atoms with van der Waals surface area (Å²) in [6.45, 7) is -0.232. The van der Waals surface area contributed by atoms with Gasteiger partial charge in [-0.2, -0.15) is 0 Å². The van der Waals surface area contributed by atoms with E-state index in [2.05, 4.69) is 10.3 Å². The van der Waals surface area contributed by atoms with E-state index in [1.165, 1.54) is 47.6 Å². The van der Waals surface area contributed by atoms with Crippen molar-refractivity contribution in [2.75, 3.05) is 23.9 Å². The molecule has 4 unspecified atom stereocenters. The Hall–Kier alpha value is -4.94. The first-order valence-electron chi connectivity index (χ1n) is 16.4. The van der Waals surface area contributed by atoms with Gasteiger partial charge in [0.2, 0.25) is 11.8 Å². The van der Waals surface area contributed by atoms with Crippen LogP contribution in [0.2, 0.25) is 0 Å². The third kappa shape index (κ3) is 4.87. The van der Waals surface area contributed by atoms with Gasteiger partial charge in [0.05, 0.1) is 29.7 Å². The molecule has 0 spiro atoms. The Balaban J connectivity index is 0.990. The van der Waals surface area contributed by atoms with Gasteiger partial charge in [-0.3, -0.25) is 24.1 Å². The Labute approximate surface area is 293 Å². The van der Waals surface area contributed by atoms with Crippen molar-refractivity contribution in [3.8, 4) is 11.5 Å². The summed E-state index contributed by atoms with van der Waals surface area (Å²) in [4.78, 5) is 58.4. The summed E-state index contributed by atoms with van der Waals surface area (Å²) in [6, 6.07) is 24.7. The number of nitrogens with one attached hydrogen (secondary N) is 2. The van der Waals surface area contributed by atoms with E-state index in [9.17, 15) is 23.6 Å². The SMILES string of the molecule is COc1cc([C@H]2c3sc(=O)[nH]c3SC3C2[C@H]2C[C@@H]3C3C(=O)N(c4ccc(F)cc4)C(=O)C32)ccc1OCC(=O)Nc1ccc2ccccc2c1. The van der Waals surface area contributed by atoms with Gasteiger partial charge in [-0.15, -0.1) is 11.8 Å². The molecule has 2 aliphatic heterocycles. The second kappa shape index (κ2) is 11.8. The van der Waals surface area contributed by atoms with Crippen molar-refractivity contribution in [2.45, 2.75) is 22.6 Å². The number of carbonyl (C=O) groups excluding carboxylic acids is 3. The maximum Gasteiger partial charge on any atom is 0.305 e. The smallest absolute Gasteiger partial charge is 0.305 e. The molecule has 1 saturated heterocycles. The van der Waals surface area contributed by atoms with E-state index in [0.29, 0.717) is 22.9 Å². The summed E-state index contributed by atoms with van der Waals surface area (Å²) in [5, 5.41) is 5.79. The predicted octanol–water partition coefficient (Wildman–Crippen LogP) is 6.43. The van der Waals surface area contributed by atoms with Crippen molar-refractivity contribution < 1.29 is 28.2 Å². The largest absolute Gasteiger partial charge is 0.493 e. The van der Waals surface area contributed by atoms with Crippen LogP contribution in [0.5, 0.6) is 11.5 Å². The molecule has 0 radical (unpaired) electrons. The number of rotatable bonds is 7. The van der Waals surface area contributed by atoms with Gasteiger partial charge in [-0.05, 0) is 89.0 Å². The fraction of sp³-hybridized carbons (Fsp3) is 0.263.